The van der Waals surface area contributed by atoms with Gasteiger partial charge in [0.1, 0.15) is 0 Å². The third kappa shape index (κ3) is 7.43. The fraction of sp³-hybridized carbons (Fsp3) is 0.370. The number of thiophene rings is 1. The number of hydrogen-bond donors (Lipinski definition) is 0. The van der Waals surface area contributed by atoms with E-state index in [0.29, 0.717) is 58.4 Å². The van der Waals surface area contributed by atoms with Crippen molar-refractivity contribution in [2.45, 2.75) is 13.2 Å². The number of aromatic nitrogens is 1. The Bertz CT molecular complexity index is 1160. The molecular formula is C27H29NO8S. The molecule has 3 heterocycles. The number of benzene rings is 1. The van der Waals surface area contributed by atoms with Crippen molar-refractivity contribution in [3.63, 3.8) is 0 Å². The van der Waals surface area contributed by atoms with Crippen LogP contribution in [0.4, 0.5) is 0 Å². The summed E-state index contributed by atoms with van der Waals surface area (Å²) in [5.41, 5.74) is 3.81. The predicted molar refractivity (Wildman–Crippen MR) is 137 cm³/mol. The predicted octanol–water partition coefficient (Wildman–Crippen LogP) is 4.13. The zero-order valence-corrected chi connectivity index (χ0v) is 21.6. The Balaban J connectivity index is 1.63. The summed E-state index contributed by atoms with van der Waals surface area (Å²) in [4.78, 5) is 31.0. The van der Waals surface area contributed by atoms with Crippen molar-refractivity contribution >= 4 is 23.3 Å². The highest BCUT2D eigenvalue weighted by Crippen LogP contribution is 2.36. The SMILES string of the molecule is COC(=O)c1cc(C(=O)OC)cc(-c2ccc(-c3cc4nc(c3)COCCOCCOCCOC4)s2)c1. The van der Waals surface area contributed by atoms with Gasteiger partial charge in [-0.05, 0) is 53.6 Å². The maximum Gasteiger partial charge on any atom is 0.337 e. The van der Waals surface area contributed by atoms with E-state index in [1.165, 1.54) is 31.6 Å². The van der Waals surface area contributed by atoms with Gasteiger partial charge < -0.3 is 28.4 Å². The number of pyridine rings is 1. The van der Waals surface area contributed by atoms with Gasteiger partial charge >= 0.3 is 11.9 Å². The zero-order chi connectivity index (χ0) is 26.0. The van der Waals surface area contributed by atoms with E-state index in [2.05, 4.69) is 4.98 Å². The maximum atomic E-state index is 12.2. The van der Waals surface area contributed by atoms with Crippen LogP contribution in [0, 0.1) is 0 Å². The van der Waals surface area contributed by atoms with E-state index in [1.54, 1.807) is 12.1 Å². The number of methoxy groups -OCH3 is 2. The number of carbonyl (C=O) groups is 2. The minimum absolute atomic E-state index is 0.273. The number of carbonyl (C=O) groups excluding carboxylic acids is 2. The molecule has 1 aromatic carbocycles. The Morgan fingerprint density at radius 3 is 1.57 bits per heavy atom. The Hall–Kier alpha value is -3.15. The van der Waals surface area contributed by atoms with Gasteiger partial charge in [0.25, 0.3) is 0 Å². The molecule has 2 aromatic heterocycles. The van der Waals surface area contributed by atoms with E-state index in [1.807, 2.05) is 24.3 Å². The molecule has 0 fully saturated rings. The van der Waals surface area contributed by atoms with Gasteiger partial charge in [-0.25, -0.2) is 9.59 Å². The summed E-state index contributed by atoms with van der Waals surface area (Å²) >= 11 is 1.53. The largest absolute Gasteiger partial charge is 0.465 e. The summed E-state index contributed by atoms with van der Waals surface area (Å²) in [5.74, 6) is -1.06. The number of ether oxygens (including phenoxy) is 6. The zero-order valence-electron chi connectivity index (χ0n) is 20.8. The molecule has 0 spiro atoms. The second kappa shape index (κ2) is 13.4. The molecule has 0 saturated carbocycles. The molecule has 0 radical (unpaired) electrons. The van der Waals surface area contributed by atoms with Crippen molar-refractivity contribution in [3.8, 4) is 20.9 Å². The number of rotatable bonds is 4. The Kier molecular flexibility index (Phi) is 9.75. The summed E-state index contributed by atoms with van der Waals surface area (Å²) < 4.78 is 32.2. The van der Waals surface area contributed by atoms with E-state index in [-0.39, 0.29) is 11.1 Å². The van der Waals surface area contributed by atoms with Gasteiger partial charge in [0, 0.05) is 9.75 Å². The highest BCUT2D eigenvalue weighted by Gasteiger charge is 2.16. The number of fused-ring (bicyclic) bond motifs is 2. The topological polar surface area (TPSA) is 102 Å². The van der Waals surface area contributed by atoms with Crippen LogP contribution in [0.5, 0.6) is 0 Å². The molecule has 0 saturated heterocycles. The number of hydrogen-bond acceptors (Lipinski definition) is 10. The van der Waals surface area contributed by atoms with Gasteiger partial charge in [-0.3, -0.25) is 4.98 Å². The van der Waals surface area contributed by atoms with E-state index >= 15 is 0 Å². The van der Waals surface area contributed by atoms with Crippen molar-refractivity contribution < 1.29 is 38.0 Å². The number of nitrogens with zero attached hydrogens (tertiary/aromatic N) is 1. The van der Waals surface area contributed by atoms with Gasteiger partial charge in [-0.15, -0.1) is 11.3 Å². The van der Waals surface area contributed by atoms with Crippen LogP contribution in [0.1, 0.15) is 32.1 Å². The second-order valence-electron chi connectivity index (χ2n) is 8.11. The first kappa shape index (κ1) is 26.9. The van der Waals surface area contributed by atoms with Gasteiger partial charge in [0.05, 0.1) is 89.6 Å². The highest BCUT2D eigenvalue weighted by atomic mass is 32.1. The van der Waals surface area contributed by atoms with Gasteiger partial charge in [0.15, 0.2) is 0 Å². The molecule has 0 aliphatic carbocycles. The van der Waals surface area contributed by atoms with Crippen LogP contribution in [0.3, 0.4) is 0 Å². The van der Waals surface area contributed by atoms with Crippen LogP contribution >= 0.6 is 11.3 Å². The van der Waals surface area contributed by atoms with E-state index in [0.717, 1.165) is 26.7 Å². The molecule has 0 N–H and O–H groups in total. The monoisotopic (exact) mass is 527 g/mol. The average molecular weight is 528 g/mol. The van der Waals surface area contributed by atoms with Crippen molar-refractivity contribution in [3.05, 3.63) is 65.0 Å². The summed E-state index contributed by atoms with van der Waals surface area (Å²) in [6, 6.07) is 12.8. The van der Waals surface area contributed by atoms with E-state index < -0.39 is 11.9 Å². The van der Waals surface area contributed by atoms with Gasteiger partial charge in [-0.1, -0.05) is 0 Å². The normalized spacial score (nSPS) is 15.3. The lowest BCUT2D eigenvalue weighted by molar-refractivity contribution is -0.00523. The molecule has 1 aliphatic heterocycles. The third-order valence-corrected chi connectivity index (χ3v) is 6.68. The molecule has 1 aliphatic rings. The lowest BCUT2D eigenvalue weighted by atomic mass is 10.0. The minimum Gasteiger partial charge on any atom is -0.465 e. The standard InChI is InChI=1S/C27H29NO8S/c1-31-26(29)20-11-18(12-21(13-20)27(30)32-2)24-3-4-25(37-24)19-14-22-16-35-9-7-33-5-6-34-8-10-36-17-23(15-19)28-22/h3-4,11-15H,5-10,16-17H2,1-2H3. The van der Waals surface area contributed by atoms with Gasteiger partial charge in [0.2, 0.25) is 0 Å². The lowest BCUT2D eigenvalue weighted by Gasteiger charge is -2.10. The van der Waals surface area contributed by atoms with Crippen LogP contribution < -0.4 is 0 Å². The molecule has 3 aromatic rings. The second-order valence-corrected chi connectivity index (χ2v) is 9.20. The Labute approximate surface area is 219 Å². The molecule has 37 heavy (non-hydrogen) atoms. The van der Waals surface area contributed by atoms with Crippen molar-refractivity contribution in [2.24, 2.45) is 0 Å². The molecule has 10 heteroatoms. The molecule has 4 rings (SSSR count). The molecule has 196 valence electrons. The summed E-state index contributed by atoms with van der Waals surface area (Å²) in [6.07, 6.45) is 0. The van der Waals surface area contributed by atoms with Crippen molar-refractivity contribution in [1.82, 2.24) is 4.98 Å². The number of esters is 2. The van der Waals surface area contributed by atoms with E-state index in [4.69, 9.17) is 28.4 Å². The molecule has 2 bridgehead atoms. The Morgan fingerprint density at radius 2 is 1.11 bits per heavy atom. The smallest absolute Gasteiger partial charge is 0.337 e. The van der Waals surface area contributed by atoms with Crippen LogP contribution in [0.2, 0.25) is 0 Å². The molecule has 0 atom stereocenters. The first-order chi connectivity index (χ1) is 18.1. The third-order valence-electron chi connectivity index (χ3n) is 5.50. The maximum absolute atomic E-state index is 12.2. The fourth-order valence-corrected chi connectivity index (χ4v) is 4.72. The summed E-state index contributed by atoms with van der Waals surface area (Å²) in [7, 11) is 2.60. The summed E-state index contributed by atoms with van der Waals surface area (Å²) in [6.45, 7) is 3.62. The van der Waals surface area contributed by atoms with Crippen LogP contribution in [0.25, 0.3) is 20.9 Å². The quantitative estimate of drug-likeness (QED) is 0.464. The van der Waals surface area contributed by atoms with Crippen LogP contribution in [0.15, 0.2) is 42.5 Å². The first-order valence-corrected chi connectivity index (χ1v) is 12.6. The minimum atomic E-state index is -0.529. The van der Waals surface area contributed by atoms with Crippen LogP contribution in [-0.4, -0.2) is 70.8 Å². The van der Waals surface area contributed by atoms with Crippen molar-refractivity contribution in [1.29, 1.82) is 0 Å². The van der Waals surface area contributed by atoms with E-state index in [9.17, 15) is 9.59 Å². The summed E-state index contributed by atoms with van der Waals surface area (Å²) in [5, 5.41) is 0. The fourth-order valence-electron chi connectivity index (χ4n) is 3.74. The van der Waals surface area contributed by atoms with Crippen molar-refractivity contribution in [2.75, 3.05) is 53.9 Å². The van der Waals surface area contributed by atoms with Crippen LogP contribution in [-0.2, 0) is 41.6 Å². The highest BCUT2D eigenvalue weighted by molar-refractivity contribution is 7.18. The first-order valence-electron chi connectivity index (χ1n) is 11.8. The lowest BCUT2D eigenvalue weighted by Crippen LogP contribution is -2.11. The Morgan fingerprint density at radius 1 is 0.676 bits per heavy atom. The molecule has 0 unspecified atom stereocenters. The van der Waals surface area contributed by atoms with Gasteiger partial charge in [-0.2, -0.15) is 0 Å². The molecule has 0 amide bonds. The molecule has 9 nitrogen and oxygen atoms in total. The molecular weight excluding hydrogens is 498 g/mol. The average Bonchev–Trinajstić information content (AvgIpc) is 3.42.